The molecule has 104 valence electrons. The number of aromatic carboxylic acids is 1. The van der Waals surface area contributed by atoms with Gasteiger partial charge in [-0.05, 0) is 18.2 Å². The number of nitro benzene ring substituents is 1. The van der Waals surface area contributed by atoms with Gasteiger partial charge in [0.2, 0.25) is 0 Å². The van der Waals surface area contributed by atoms with E-state index in [0.717, 1.165) is 11.5 Å². The minimum absolute atomic E-state index is 0.137. The lowest BCUT2D eigenvalue weighted by Gasteiger charge is -2.05. The Morgan fingerprint density at radius 3 is 2.71 bits per heavy atom. The van der Waals surface area contributed by atoms with Gasteiger partial charge in [0.05, 0.1) is 22.2 Å². The van der Waals surface area contributed by atoms with Crippen LogP contribution in [-0.4, -0.2) is 25.8 Å². The molecule has 0 radical (unpaired) electrons. The van der Waals surface area contributed by atoms with Crippen molar-refractivity contribution in [2.24, 2.45) is 0 Å². The average molecular weight is 283 g/mol. The number of carbonyl (C=O) groups is 1. The van der Waals surface area contributed by atoms with E-state index in [2.05, 4.69) is 5.10 Å². The summed E-state index contributed by atoms with van der Waals surface area (Å²) in [7, 11) is 0. The molecule has 0 aliphatic heterocycles. The SMILES string of the molecule is O=C(O)c1ccc(-n2ncc3ccccc32)c([N+](=O)[O-])c1. The third kappa shape index (κ3) is 2.10. The highest BCUT2D eigenvalue weighted by atomic mass is 16.6. The maximum absolute atomic E-state index is 11.2. The van der Waals surface area contributed by atoms with Crippen LogP contribution in [0, 0.1) is 10.1 Å². The topological polar surface area (TPSA) is 98.3 Å². The Morgan fingerprint density at radius 1 is 1.24 bits per heavy atom. The van der Waals surface area contributed by atoms with Gasteiger partial charge in [-0.15, -0.1) is 0 Å². The van der Waals surface area contributed by atoms with E-state index in [1.54, 1.807) is 18.3 Å². The van der Waals surface area contributed by atoms with Crippen molar-refractivity contribution in [3.8, 4) is 5.69 Å². The summed E-state index contributed by atoms with van der Waals surface area (Å²) in [5, 5.41) is 25.1. The summed E-state index contributed by atoms with van der Waals surface area (Å²) in [4.78, 5) is 21.5. The number of benzene rings is 2. The molecule has 0 unspecified atom stereocenters. The number of carboxylic acids is 1. The summed E-state index contributed by atoms with van der Waals surface area (Å²) in [6, 6.07) is 11.0. The molecule has 0 aliphatic carbocycles. The second kappa shape index (κ2) is 4.71. The molecule has 1 N–H and O–H groups in total. The molecule has 3 rings (SSSR count). The summed E-state index contributed by atoms with van der Waals surface area (Å²) < 4.78 is 1.43. The predicted octanol–water partition coefficient (Wildman–Crippen LogP) is 2.63. The standard InChI is InChI=1S/C14H9N3O4/c18-14(19)9-5-6-12(13(7-9)17(20)21)16-11-4-2-1-3-10(11)8-15-16/h1-8H,(H,18,19). The number of para-hydroxylation sites is 1. The van der Waals surface area contributed by atoms with Crippen LogP contribution in [0.2, 0.25) is 0 Å². The zero-order valence-electron chi connectivity index (χ0n) is 10.6. The summed E-state index contributed by atoms with van der Waals surface area (Å²) >= 11 is 0. The molecule has 3 aromatic rings. The van der Waals surface area contributed by atoms with Crippen molar-refractivity contribution < 1.29 is 14.8 Å². The highest BCUT2D eigenvalue weighted by Gasteiger charge is 2.20. The van der Waals surface area contributed by atoms with E-state index in [-0.39, 0.29) is 16.9 Å². The third-order valence-corrected chi connectivity index (χ3v) is 3.12. The first-order valence-corrected chi connectivity index (χ1v) is 6.03. The van der Waals surface area contributed by atoms with E-state index in [9.17, 15) is 14.9 Å². The van der Waals surface area contributed by atoms with Crippen molar-refractivity contribution in [1.82, 2.24) is 9.78 Å². The number of hydrogen-bond donors (Lipinski definition) is 1. The minimum Gasteiger partial charge on any atom is -0.478 e. The Labute approximate surface area is 118 Å². The van der Waals surface area contributed by atoms with E-state index < -0.39 is 10.9 Å². The number of nitrogens with zero attached hydrogens (tertiary/aromatic N) is 3. The quantitative estimate of drug-likeness (QED) is 0.588. The molecule has 0 bridgehead atoms. The highest BCUT2D eigenvalue weighted by molar-refractivity contribution is 5.89. The van der Waals surface area contributed by atoms with Gasteiger partial charge in [-0.2, -0.15) is 5.10 Å². The number of rotatable bonds is 3. The average Bonchev–Trinajstić information content (AvgIpc) is 2.90. The van der Waals surface area contributed by atoms with Crippen LogP contribution in [0.15, 0.2) is 48.7 Å². The fraction of sp³-hybridized carbons (Fsp3) is 0. The maximum Gasteiger partial charge on any atom is 0.335 e. The Hall–Kier alpha value is -3.22. The molecule has 0 fully saturated rings. The first-order chi connectivity index (χ1) is 10.1. The largest absolute Gasteiger partial charge is 0.478 e. The van der Waals surface area contributed by atoms with Crippen molar-refractivity contribution in [3.05, 3.63) is 64.3 Å². The monoisotopic (exact) mass is 283 g/mol. The molecular formula is C14H9N3O4. The first kappa shape index (κ1) is 12.8. The molecular weight excluding hydrogens is 274 g/mol. The van der Waals surface area contributed by atoms with Crippen LogP contribution in [0.3, 0.4) is 0 Å². The number of nitro groups is 1. The lowest BCUT2D eigenvalue weighted by Crippen LogP contribution is -2.04. The molecule has 1 aromatic heterocycles. The second-order valence-electron chi connectivity index (χ2n) is 4.38. The first-order valence-electron chi connectivity index (χ1n) is 6.03. The number of carboxylic acid groups (broad SMARTS) is 1. The Kier molecular flexibility index (Phi) is 2.87. The van der Waals surface area contributed by atoms with Crippen molar-refractivity contribution >= 4 is 22.6 Å². The molecule has 0 atom stereocenters. The van der Waals surface area contributed by atoms with Crippen LogP contribution in [0.4, 0.5) is 5.69 Å². The molecule has 0 saturated heterocycles. The van der Waals surface area contributed by atoms with E-state index in [1.165, 1.54) is 16.8 Å². The van der Waals surface area contributed by atoms with Crippen molar-refractivity contribution in [3.63, 3.8) is 0 Å². The molecule has 2 aromatic carbocycles. The van der Waals surface area contributed by atoms with Crippen molar-refractivity contribution in [2.45, 2.75) is 0 Å². The molecule has 21 heavy (non-hydrogen) atoms. The van der Waals surface area contributed by atoms with E-state index in [1.807, 2.05) is 12.1 Å². The molecule has 7 heteroatoms. The number of aromatic nitrogens is 2. The van der Waals surface area contributed by atoms with Gasteiger partial charge in [-0.1, -0.05) is 18.2 Å². The smallest absolute Gasteiger partial charge is 0.335 e. The summed E-state index contributed by atoms with van der Waals surface area (Å²) in [5.41, 5.74) is 0.500. The summed E-state index contributed by atoms with van der Waals surface area (Å²) in [6.45, 7) is 0. The van der Waals surface area contributed by atoms with E-state index in [4.69, 9.17) is 5.11 Å². The zero-order chi connectivity index (χ0) is 15.0. The predicted molar refractivity (Wildman–Crippen MR) is 74.7 cm³/mol. The van der Waals surface area contributed by atoms with Gasteiger partial charge in [-0.3, -0.25) is 10.1 Å². The number of hydrogen-bond acceptors (Lipinski definition) is 4. The third-order valence-electron chi connectivity index (χ3n) is 3.12. The molecule has 0 saturated carbocycles. The zero-order valence-corrected chi connectivity index (χ0v) is 10.6. The lowest BCUT2D eigenvalue weighted by atomic mass is 10.1. The molecule has 0 amide bonds. The van der Waals surface area contributed by atoms with Gasteiger partial charge < -0.3 is 5.11 Å². The van der Waals surface area contributed by atoms with Crippen LogP contribution >= 0.6 is 0 Å². The van der Waals surface area contributed by atoms with E-state index in [0.29, 0.717) is 5.52 Å². The van der Waals surface area contributed by atoms with Gasteiger partial charge in [0.1, 0.15) is 5.69 Å². The van der Waals surface area contributed by atoms with Gasteiger partial charge in [0.15, 0.2) is 0 Å². The minimum atomic E-state index is -1.21. The van der Waals surface area contributed by atoms with Crippen molar-refractivity contribution in [1.29, 1.82) is 0 Å². The summed E-state index contributed by atoms with van der Waals surface area (Å²) in [6.07, 6.45) is 1.60. The Bertz CT molecular complexity index is 870. The van der Waals surface area contributed by atoms with Gasteiger partial charge >= 0.3 is 5.97 Å². The molecule has 1 heterocycles. The van der Waals surface area contributed by atoms with Gasteiger partial charge in [-0.25, -0.2) is 9.48 Å². The van der Waals surface area contributed by atoms with Crippen LogP contribution in [-0.2, 0) is 0 Å². The number of fused-ring (bicyclic) bond motifs is 1. The van der Waals surface area contributed by atoms with Crippen molar-refractivity contribution in [2.75, 3.05) is 0 Å². The van der Waals surface area contributed by atoms with Gasteiger partial charge in [0.25, 0.3) is 5.69 Å². The maximum atomic E-state index is 11.2. The van der Waals surface area contributed by atoms with Crippen LogP contribution < -0.4 is 0 Å². The summed E-state index contributed by atoms with van der Waals surface area (Å²) in [5.74, 6) is -1.21. The normalized spacial score (nSPS) is 10.7. The molecule has 0 aliphatic rings. The Balaban J connectivity index is 2.27. The van der Waals surface area contributed by atoms with Crippen LogP contribution in [0.1, 0.15) is 10.4 Å². The molecule has 7 nitrogen and oxygen atoms in total. The van der Waals surface area contributed by atoms with Gasteiger partial charge in [0, 0.05) is 11.5 Å². The lowest BCUT2D eigenvalue weighted by molar-refractivity contribution is -0.384. The second-order valence-corrected chi connectivity index (χ2v) is 4.38. The van der Waals surface area contributed by atoms with Crippen LogP contribution in [0.25, 0.3) is 16.6 Å². The highest BCUT2D eigenvalue weighted by Crippen LogP contribution is 2.27. The fourth-order valence-electron chi connectivity index (χ4n) is 2.15. The molecule has 0 spiro atoms. The Morgan fingerprint density at radius 2 is 2.00 bits per heavy atom. The van der Waals surface area contributed by atoms with Crippen LogP contribution in [0.5, 0.6) is 0 Å². The fourth-order valence-corrected chi connectivity index (χ4v) is 2.15. The van der Waals surface area contributed by atoms with E-state index >= 15 is 0 Å².